The first-order valence-electron chi connectivity index (χ1n) is 7.11. The molecule has 4 heteroatoms. The van der Waals surface area contributed by atoms with Gasteiger partial charge in [0, 0.05) is 6.54 Å². The van der Waals surface area contributed by atoms with Crippen LogP contribution in [0.25, 0.3) is 0 Å². The van der Waals surface area contributed by atoms with E-state index >= 15 is 0 Å². The number of carbonyl (C=O) groups is 1. The van der Waals surface area contributed by atoms with E-state index < -0.39 is 6.09 Å². The van der Waals surface area contributed by atoms with Crippen LogP contribution in [0.4, 0.5) is 4.79 Å². The highest BCUT2D eigenvalue weighted by molar-refractivity contribution is 5.67. The Morgan fingerprint density at radius 1 is 1.47 bits per heavy atom. The minimum Gasteiger partial charge on any atom is -0.465 e. The van der Waals surface area contributed by atoms with Gasteiger partial charge in [0.2, 0.25) is 0 Å². The molecule has 1 saturated heterocycles. The number of hydrogen-bond acceptors (Lipinski definition) is 2. The van der Waals surface area contributed by atoms with Crippen molar-refractivity contribution in [2.75, 3.05) is 13.2 Å². The highest BCUT2D eigenvalue weighted by Gasteiger charge is 2.42. The van der Waals surface area contributed by atoms with Gasteiger partial charge in [0.25, 0.3) is 0 Å². The van der Waals surface area contributed by atoms with Crippen LogP contribution in [-0.2, 0) is 0 Å². The lowest BCUT2D eigenvalue weighted by atomic mass is 9.86. The molecule has 3 aliphatic rings. The van der Waals surface area contributed by atoms with Crippen molar-refractivity contribution in [3.63, 3.8) is 0 Å². The molecule has 1 spiro atoms. The van der Waals surface area contributed by atoms with Crippen molar-refractivity contribution in [3.05, 3.63) is 23.3 Å². The molecule has 1 aliphatic heterocycles. The largest absolute Gasteiger partial charge is 0.465 e. The minimum atomic E-state index is -0.933. The fraction of sp³-hybridized carbons (Fsp3) is 0.667. The zero-order valence-electron chi connectivity index (χ0n) is 11.1. The molecule has 2 N–H and O–H groups in total. The third-order valence-electron chi connectivity index (χ3n) is 4.86. The molecule has 0 bridgehead atoms. The van der Waals surface area contributed by atoms with E-state index in [2.05, 4.69) is 12.2 Å². The first kappa shape index (κ1) is 12.7. The first-order chi connectivity index (χ1) is 9.12. The normalized spacial score (nSPS) is 30.8. The number of amides is 1. The van der Waals surface area contributed by atoms with Crippen LogP contribution in [-0.4, -0.2) is 40.4 Å². The van der Waals surface area contributed by atoms with Crippen LogP contribution < -0.4 is 0 Å². The third kappa shape index (κ3) is 2.54. The summed E-state index contributed by atoms with van der Waals surface area (Å²) in [5, 5.41) is 18.3. The van der Waals surface area contributed by atoms with Crippen LogP contribution >= 0.6 is 0 Å². The van der Waals surface area contributed by atoms with Crippen LogP contribution in [0.15, 0.2) is 23.3 Å². The van der Waals surface area contributed by atoms with Crippen LogP contribution in [0.2, 0.25) is 0 Å². The van der Waals surface area contributed by atoms with Crippen molar-refractivity contribution in [3.8, 4) is 0 Å². The van der Waals surface area contributed by atoms with Gasteiger partial charge in [-0.15, -0.1) is 0 Å². The molecule has 1 heterocycles. The number of likely N-dealkylation sites (tertiary alicyclic amines) is 1. The molecule has 0 radical (unpaired) electrons. The summed E-state index contributed by atoms with van der Waals surface area (Å²) < 4.78 is 0. The molecule has 2 fully saturated rings. The van der Waals surface area contributed by atoms with Gasteiger partial charge in [-0.3, -0.25) is 4.90 Å². The fourth-order valence-electron chi connectivity index (χ4n) is 3.30. The lowest BCUT2D eigenvalue weighted by Crippen LogP contribution is -2.36. The average molecular weight is 263 g/mol. The SMILES string of the molecule is O=C(O)N1CC(=CC2=CCC3(CC2)CC3)C[C@H]1CO. The monoisotopic (exact) mass is 263 g/mol. The van der Waals surface area contributed by atoms with E-state index in [1.54, 1.807) is 0 Å². The Morgan fingerprint density at radius 2 is 2.26 bits per heavy atom. The van der Waals surface area contributed by atoms with Gasteiger partial charge >= 0.3 is 6.09 Å². The summed E-state index contributed by atoms with van der Waals surface area (Å²) in [5.74, 6) is 0. The van der Waals surface area contributed by atoms with E-state index in [0.29, 0.717) is 18.4 Å². The fourth-order valence-corrected chi connectivity index (χ4v) is 3.30. The predicted molar refractivity (Wildman–Crippen MR) is 71.9 cm³/mol. The summed E-state index contributed by atoms with van der Waals surface area (Å²) in [5.41, 5.74) is 3.13. The quantitative estimate of drug-likeness (QED) is 0.805. The zero-order valence-corrected chi connectivity index (χ0v) is 11.1. The van der Waals surface area contributed by atoms with Crippen molar-refractivity contribution >= 4 is 6.09 Å². The summed E-state index contributed by atoms with van der Waals surface area (Å²) in [6.07, 6.45) is 10.6. The number of hydrogen-bond donors (Lipinski definition) is 2. The van der Waals surface area contributed by atoms with Gasteiger partial charge in [-0.25, -0.2) is 4.79 Å². The zero-order chi connectivity index (χ0) is 13.5. The van der Waals surface area contributed by atoms with E-state index in [9.17, 15) is 9.90 Å². The molecule has 4 nitrogen and oxygen atoms in total. The number of carboxylic acid groups (broad SMARTS) is 1. The second kappa shape index (κ2) is 4.67. The maximum atomic E-state index is 11.1. The van der Waals surface area contributed by atoms with Crippen LogP contribution in [0.3, 0.4) is 0 Å². The predicted octanol–water partition coefficient (Wildman–Crippen LogP) is 2.55. The molecule has 1 amide bonds. The molecule has 0 aromatic heterocycles. The van der Waals surface area contributed by atoms with Crippen LogP contribution in [0.1, 0.15) is 38.5 Å². The van der Waals surface area contributed by atoms with E-state index in [1.807, 2.05) is 0 Å². The molecule has 104 valence electrons. The molecule has 0 aromatic rings. The Hall–Kier alpha value is -1.29. The van der Waals surface area contributed by atoms with Gasteiger partial charge in [0.15, 0.2) is 0 Å². The Balaban J connectivity index is 1.68. The second-order valence-corrected chi connectivity index (χ2v) is 6.24. The lowest BCUT2D eigenvalue weighted by molar-refractivity contribution is 0.118. The topological polar surface area (TPSA) is 60.8 Å². The molecule has 0 aromatic carbocycles. The molecular formula is C15H21NO3. The van der Waals surface area contributed by atoms with Crippen LogP contribution in [0, 0.1) is 5.41 Å². The van der Waals surface area contributed by atoms with Crippen molar-refractivity contribution in [1.29, 1.82) is 0 Å². The summed E-state index contributed by atoms with van der Waals surface area (Å²) in [6, 6.07) is -0.261. The Labute approximate surface area is 113 Å². The lowest BCUT2D eigenvalue weighted by Gasteiger charge is -2.19. The standard InChI is InChI=1S/C15H21NO3/c17-10-13-8-12(9-16(13)14(18)19)7-11-1-3-15(4-2-11)5-6-15/h1,7,13,17H,2-6,8-10H2,(H,18,19)/t13-/m0/s1. The van der Waals surface area contributed by atoms with Gasteiger partial charge in [-0.2, -0.15) is 0 Å². The molecule has 3 rings (SSSR count). The number of aliphatic hydroxyl groups is 1. The van der Waals surface area contributed by atoms with Crippen molar-refractivity contribution in [2.45, 2.75) is 44.6 Å². The average Bonchev–Trinajstić information content (AvgIpc) is 3.02. The Bertz CT molecular complexity index is 448. The Kier molecular flexibility index (Phi) is 3.13. The smallest absolute Gasteiger partial charge is 0.407 e. The summed E-state index contributed by atoms with van der Waals surface area (Å²) in [4.78, 5) is 12.4. The van der Waals surface area contributed by atoms with E-state index in [1.165, 1.54) is 36.2 Å². The summed E-state index contributed by atoms with van der Waals surface area (Å²) >= 11 is 0. The highest BCUT2D eigenvalue weighted by Crippen LogP contribution is 2.55. The van der Waals surface area contributed by atoms with E-state index in [-0.39, 0.29) is 12.6 Å². The number of nitrogens with zero attached hydrogens (tertiary/aromatic N) is 1. The number of aliphatic hydroxyl groups excluding tert-OH is 1. The van der Waals surface area contributed by atoms with Crippen molar-refractivity contribution in [1.82, 2.24) is 4.90 Å². The molecule has 19 heavy (non-hydrogen) atoms. The number of rotatable bonds is 2. The van der Waals surface area contributed by atoms with Crippen molar-refractivity contribution < 1.29 is 15.0 Å². The number of allylic oxidation sites excluding steroid dienone is 3. The van der Waals surface area contributed by atoms with Gasteiger partial charge in [-0.05, 0) is 49.5 Å². The first-order valence-corrected chi connectivity index (χ1v) is 7.11. The molecule has 0 unspecified atom stereocenters. The summed E-state index contributed by atoms with van der Waals surface area (Å²) in [6.45, 7) is 0.356. The van der Waals surface area contributed by atoms with Gasteiger partial charge < -0.3 is 10.2 Å². The minimum absolute atomic E-state index is 0.0915. The molecular weight excluding hydrogens is 242 g/mol. The highest BCUT2D eigenvalue weighted by atomic mass is 16.4. The maximum Gasteiger partial charge on any atom is 0.407 e. The second-order valence-electron chi connectivity index (χ2n) is 6.24. The van der Waals surface area contributed by atoms with Gasteiger partial charge in [-0.1, -0.05) is 17.7 Å². The van der Waals surface area contributed by atoms with Crippen LogP contribution in [0.5, 0.6) is 0 Å². The Morgan fingerprint density at radius 3 is 2.74 bits per heavy atom. The van der Waals surface area contributed by atoms with E-state index in [4.69, 9.17) is 5.11 Å². The van der Waals surface area contributed by atoms with Gasteiger partial charge in [0.1, 0.15) is 0 Å². The molecule has 1 saturated carbocycles. The summed E-state index contributed by atoms with van der Waals surface area (Å²) in [7, 11) is 0. The molecule has 1 atom stereocenters. The molecule has 2 aliphatic carbocycles. The van der Waals surface area contributed by atoms with Gasteiger partial charge in [0.05, 0.1) is 12.6 Å². The third-order valence-corrected chi connectivity index (χ3v) is 4.86. The van der Waals surface area contributed by atoms with Crippen molar-refractivity contribution in [2.24, 2.45) is 5.41 Å². The maximum absolute atomic E-state index is 11.1. The van der Waals surface area contributed by atoms with E-state index in [0.717, 1.165) is 12.0 Å².